The van der Waals surface area contributed by atoms with Crippen molar-refractivity contribution in [3.63, 3.8) is 0 Å². The summed E-state index contributed by atoms with van der Waals surface area (Å²) in [6, 6.07) is 0. The van der Waals surface area contributed by atoms with Gasteiger partial charge in [-0.25, -0.2) is 0 Å². The van der Waals surface area contributed by atoms with Crippen LogP contribution in [0.25, 0.3) is 0 Å². The van der Waals surface area contributed by atoms with Gasteiger partial charge in [-0.05, 0) is 55.4 Å². The third kappa shape index (κ3) is 9.21. The molecule has 0 saturated carbocycles. The van der Waals surface area contributed by atoms with Crippen LogP contribution in [0.3, 0.4) is 0 Å². The molecule has 25 heavy (non-hydrogen) atoms. The summed E-state index contributed by atoms with van der Waals surface area (Å²) in [4.78, 5) is 11.4. The second-order valence-corrected chi connectivity index (χ2v) is 12.4. The molecule has 0 spiro atoms. The molecule has 0 saturated heterocycles. The van der Waals surface area contributed by atoms with Gasteiger partial charge in [0.2, 0.25) is 5.40 Å². The van der Waals surface area contributed by atoms with E-state index < -0.39 is 59.2 Å². The first-order valence-corrected chi connectivity index (χ1v) is 12.8. The number of hydrogen-bond donors (Lipinski definition) is 0. The zero-order valence-electron chi connectivity index (χ0n) is 16.2. The minimum atomic E-state index is -4.13. The molecule has 1 atom stereocenters. The quantitative estimate of drug-likeness (QED) is 0.424. The van der Waals surface area contributed by atoms with Crippen molar-refractivity contribution in [2.45, 2.75) is 85.2 Å². The van der Waals surface area contributed by atoms with E-state index in [1.807, 2.05) is 0 Å². The zero-order chi connectivity index (χ0) is 20.0. The summed E-state index contributed by atoms with van der Waals surface area (Å²) < 4.78 is 60.1. The van der Waals surface area contributed by atoms with E-state index in [0.29, 0.717) is 0 Å². The van der Waals surface area contributed by atoms with Crippen LogP contribution in [0.15, 0.2) is 0 Å². The normalized spacial score (nSPS) is 14.4. The molecule has 0 aromatic carbocycles. The lowest BCUT2D eigenvalue weighted by atomic mass is 10.5. The fourth-order valence-electron chi connectivity index (χ4n) is 2.01. The average molecular weight is 420 g/mol. The van der Waals surface area contributed by atoms with E-state index >= 15 is 0 Å². The molecule has 0 aliphatic heterocycles. The van der Waals surface area contributed by atoms with Crippen LogP contribution in [0.1, 0.15) is 55.4 Å². The van der Waals surface area contributed by atoms with Crippen molar-refractivity contribution in [1.29, 1.82) is 0 Å². The molecular weight excluding hydrogens is 389 g/mol. The van der Waals surface area contributed by atoms with Crippen LogP contribution in [0, 0.1) is 0 Å². The predicted octanol–water partition coefficient (Wildman–Crippen LogP) is 4.50. The second-order valence-electron chi connectivity index (χ2n) is 6.69. The van der Waals surface area contributed by atoms with E-state index in [4.69, 9.17) is 18.1 Å². The van der Waals surface area contributed by atoms with Gasteiger partial charge in [-0.1, -0.05) is 4.57 Å². The van der Waals surface area contributed by atoms with E-state index in [-0.39, 0.29) is 0 Å². The molecule has 0 aliphatic carbocycles. The first kappa shape index (κ1) is 25.4. The van der Waals surface area contributed by atoms with Crippen molar-refractivity contribution in [3.05, 3.63) is 0 Å². The summed E-state index contributed by atoms with van der Waals surface area (Å²) in [5.41, 5.74) is 0. The zero-order valence-corrected chi connectivity index (χ0v) is 18.9. The molecular formula is C14H31O8P3. The molecule has 11 heteroatoms. The highest BCUT2D eigenvalue weighted by Crippen LogP contribution is 2.72. The van der Waals surface area contributed by atoms with E-state index in [2.05, 4.69) is 0 Å². The standard InChI is InChI=1S/C14H31O8P3/c1-10(2)19-24(17,20-11(3)4)14(9-23(15)16)25(18,21-12(5)6)22-13(7)8/h10-14H,9H2,1-8H3. The van der Waals surface area contributed by atoms with Crippen molar-refractivity contribution in [3.8, 4) is 0 Å². The van der Waals surface area contributed by atoms with Gasteiger partial charge in [0.15, 0.2) is 6.16 Å². The monoisotopic (exact) mass is 420 g/mol. The molecule has 0 heterocycles. The van der Waals surface area contributed by atoms with Crippen LogP contribution in [0.4, 0.5) is 0 Å². The Morgan fingerprint density at radius 3 is 1.12 bits per heavy atom. The second kappa shape index (κ2) is 10.6. The summed E-state index contributed by atoms with van der Waals surface area (Å²) in [5.74, 6) is 0. The van der Waals surface area contributed by atoms with Crippen LogP contribution >= 0.6 is 23.2 Å². The Morgan fingerprint density at radius 2 is 0.960 bits per heavy atom. The third-order valence-corrected chi connectivity index (χ3v) is 10.1. The molecule has 0 N–H and O–H groups in total. The summed E-state index contributed by atoms with van der Waals surface area (Å²) in [5, 5.41) is -1.56. The van der Waals surface area contributed by atoms with E-state index in [0.717, 1.165) is 0 Å². The lowest BCUT2D eigenvalue weighted by Crippen LogP contribution is -2.26. The van der Waals surface area contributed by atoms with Crippen LogP contribution < -0.4 is 4.89 Å². The van der Waals surface area contributed by atoms with Gasteiger partial charge < -0.3 is 23.0 Å². The molecule has 150 valence electrons. The molecule has 0 fully saturated rings. The molecule has 0 amide bonds. The molecule has 0 aromatic rings. The summed E-state index contributed by atoms with van der Waals surface area (Å²) in [6.45, 7) is 13.0. The van der Waals surface area contributed by atoms with Crippen molar-refractivity contribution in [2.75, 3.05) is 6.16 Å². The molecule has 0 aliphatic rings. The SMILES string of the molecule is CC(C)OP(=O)(OC(C)C)C(C[P+](=O)[O-])P(=O)(OC(C)C)OC(C)C. The van der Waals surface area contributed by atoms with Gasteiger partial charge in [-0.3, -0.25) is 9.13 Å². The van der Waals surface area contributed by atoms with Crippen molar-refractivity contribution < 1.29 is 36.7 Å². The molecule has 0 aromatic heterocycles. The van der Waals surface area contributed by atoms with Gasteiger partial charge in [0, 0.05) is 0 Å². The fourth-order valence-corrected chi connectivity index (χ4v) is 9.73. The van der Waals surface area contributed by atoms with Gasteiger partial charge in [0.1, 0.15) is 0 Å². The first-order chi connectivity index (χ1) is 11.2. The van der Waals surface area contributed by atoms with Crippen LogP contribution in [-0.2, 0) is 31.8 Å². The van der Waals surface area contributed by atoms with E-state index in [9.17, 15) is 18.6 Å². The Balaban J connectivity index is 6.22. The summed E-state index contributed by atoms with van der Waals surface area (Å²) >= 11 is 0. The van der Waals surface area contributed by atoms with Gasteiger partial charge in [-0.15, -0.1) is 0 Å². The smallest absolute Gasteiger partial charge is 0.350 e. The van der Waals surface area contributed by atoms with E-state index in [1.165, 1.54) is 0 Å². The first-order valence-electron chi connectivity index (χ1n) is 8.26. The highest BCUT2D eigenvalue weighted by atomic mass is 31.2. The highest BCUT2D eigenvalue weighted by Gasteiger charge is 2.55. The molecule has 0 bridgehead atoms. The predicted molar refractivity (Wildman–Crippen MR) is 96.4 cm³/mol. The van der Waals surface area contributed by atoms with Crippen LogP contribution in [0.2, 0.25) is 0 Å². The van der Waals surface area contributed by atoms with Gasteiger partial charge >= 0.3 is 23.2 Å². The lowest BCUT2D eigenvalue weighted by Gasteiger charge is -2.33. The van der Waals surface area contributed by atoms with Gasteiger partial charge in [0.25, 0.3) is 0 Å². The molecule has 0 radical (unpaired) electrons. The Bertz CT molecular complexity index is 452. The molecule has 1 unspecified atom stereocenters. The topological polar surface area (TPSA) is 111 Å². The number of hydrogen-bond acceptors (Lipinski definition) is 8. The largest absolute Gasteiger partial charge is 0.596 e. The lowest BCUT2D eigenvalue weighted by molar-refractivity contribution is -0.164. The van der Waals surface area contributed by atoms with E-state index in [1.54, 1.807) is 55.4 Å². The highest BCUT2D eigenvalue weighted by molar-refractivity contribution is 7.73. The number of rotatable bonds is 12. The molecule has 8 nitrogen and oxygen atoms in total. The Labute approximate surface area is 151 Å². The maximum Gasteiger partial charge on any atom is 0.350 e. The fraction of sp³-hybridized carbons (Fsp3) is 1.00. The Hall–Kier alpha value is 0.360. The summed E-state index contributed by atoms with van der Waals surface area (Å²) in [7, 11) is -11.3. The maximum absolute atomic E-state index is 13.4. The van der Waals surface area contributed by atoms with Crippen molar-refractivity contribution in [2.24, 2.45) is 0 Å². The van der Waals surface area contributed by atoms with Crippen LogP contribution in [0.5, 0.6) is 0 Å². The van der Waals surface area contributed by atoms with Crippen molar-refractivity contribution >= 4 is 23.2 Å². The average Bonchev–Trinajstić information content (AvgIpc) is 2.30. The minimum absolute atomic E-state index is 0.539. The van der Waals surface area contributed by atoms with Gasteiger partial charge in [-0.2, -0.15) is 0 Å². The Kier molecular flexibility index (Phi) is 10.8. The minimum Gasteiger partial charge on any atom is -0.596 e. The molecule has 0 rings (SSSR count). The van der Waals surface area contributed by atoms with Crippen molar-refractivity contribution in [1.82, 2.24) is 0 Å². The van der Waals surface area contributed by atoms with Crippen LogP contribution in [-0.4, -0.2) is 36.0 Å². The summed E-state index contributed by atoms with van der Waals surface area (Å²) in [6.07, 6.45) is -2.85. The third-order valence-electron chi connectivity index (χ3n) is 2.47. The van der Waals surface area contributed by atoms with Gasteiger partial charge in [0.05, 0.1) is 24.4 Å². The Morgan fingerprint density at radius 1 is 0.720 bits per heavy atom. The maximum atomic E-state index is 13.4.